The highest BCUT2D eigenvalue weighted by Gasteiger charge is 2.24. The Balaban J connectivity index is 1.58. The number of nitrogens with zero attached hydrogens (tertiary/aromatic N) is 2. The minimum absolute atomic E-state index is 0.0450. The van der Waals surface area contributed by atoms with Gasteiger partial charge in [0, 0.05) is 18.3 Å². The van der Waals surface area contributed by atoms with Crippen LogP contribution in [0.4, 0.5) is 5.13 Å². The molecule has 1 aromatic carbocycles. The normalized spacial score (nSPS) is 15.6. The summed E-state index contributed by atoms with van der Waals surface area (Å²) < 4.78 is 0. The highest BCUT2D eigenvalue weighted by molar-refractivity contribution is 7.14. The second kappa shape index (κ2) is 7.13. The fraction of sp³-hybridized carbons (Fsp3) is 0.389. The number of thiazole rings is 1. The van der Waals surface area contributed by atoms with Crippen molar-refractivity contribution in [3.63, 3.8) is 0 Å². The molecule has 1 aliphatic rings. The fourth-order valence-electron chi connectivity index (χ4n) is 2.75. The first-order chi connectivity index (χ1) is 11.5. The zero-order chi connectivity index (χ0) is 17.1. The maximum absolute atomic E-state index is 12.2. The number of hydrogen-bond donors (Lipinski definition) is 1. The SMILES string of the molecule is Cc1ccc(C(C)NC(=O)Cc2csc(N3CCCC3=O)n2)cc1. The van der Waals surface area contributed by atoms with Gasteiger partial charge in [-0.2, -0.15) is 0 Å². The van der Waals surface area contributed by atoms with E-state index in [0.29, 0.717) is 17.2 Å². The molecule has 1 N–H and O–H groups in total. The van der Waals surface area contributed by atoms with Gasteiger partial charge in [-0.25, -0.2) is 4.98 Å². The summed E-state index contributed by atoms with van der Waals surface area (Å²) in [6.45, 7) is 4.73. The van der Waals surface area contributed by atoms with Crippen molar-refractivity contribution >= 4 is 28.3 Å². The molecule has 24 heavy (non-hydrogen) atoms. The van der Waals surface area contributed by atoms with Gasteiger partial charge in [0.15, 0.2) is 5.13 Å². The molecule has 1 unspecified atom stereocenters. The van der Waals surface area contributed by atoms with Gasteiger partial charge in [0.1, 0.15) is 0 Å². The Morgan fingerprint density at radius 2 is 2.12 bits per heavy atom. The molecule has 5 nitrogen and oxygen atoms in total. The average Bonchev–Trinajstić information content (AvgIpc) is 3.16. The number of hydrogen-bond acceptors (Lipinski definition) is 4. The third-order valence-electron chi connectivity index (χ3n) is 4.14. The Morgan fingerprint density at radius 1 is 1.38 bits per heavy atom. The van der Waals surface area contributed by atoms with E-state index >= 15 is 0 Å². The Hall–Kier alpha value is -2.21. The van der Waals surface area contributed by atoms with Crippen molar-refractivity contribution in [1.29, 1.82) is 0 Å². The standard InChI is InChI=1S/C18H21N3O2S/c1-12-5-7-14(8-6-12)13(2)19-16(22)10-15-11-24-18(20-15)21-9-3-4-17(21)23/h5-8,11,13H,3-4,9-10H2,1-2H3,(H,19,22). The summed E-state index contributed by atoms with van der Waals surface area (Å²) in [5.41, 5.74) is 2.99. The first-order valence-electron chi connectivity index (χ1n) is 8.13. The van der Waals surface area contributed by atoms with Crippen LogP contribution in [0.5, 0.6) is 0 Å². The van der Waals surface area contributed by atoms with Gasteiger partial charge in [-0.1, -0.05) is 29.8 Å². The summed E-state index contributed by atoms with van der Waals surface area (Å²) in [6, 6.07) is 8.09. The Morgan fingerprint density at radius 3 is 2.79 bits per heavy atom. The van der Waals surface area contributed by atoms with E-state index in [4.69, 9.17) is 0 Å². The van der Waals surface area contributed by atoms with Gasteiger partial charge < -0.3 is 5.32 Å². The quantitative estimate of drug-likeness (QED) is 0.908. The lowest BCUT2D eigenvalue weighted by molar-refractivity contribution is -0.121. The summed E-state index contributed by atoms with van der Waals surface area (Å²) in [4.78, 5) is 30.1. The minimum atomic E-state index is -0.0623. The smallest absolute Gasteiger partial charge is 0.228 e. The van der Waals surface area contributed by atoms with E-state index < -0.39 is 0 Å². The van der Waals surface area contributed by atoms with E-state index in [0.717, 1.165) is 18.5 Å². The van der Waals surface area contributed by atoms with E-state index in [1.54, 1.807) is 4.90 Å². The van der Waals surface area contributed by atoms with Crippen LogP contribution in [0, 0.1) is 6.92 Å². The first-order valence-corrected chi connectivity index (χ1v) is 9.01. The lowest BCUT2D eigenvalue weighted by Crippen LogP contribution is -2.28. The van der Waals surface area contributed by atoms with Gasteiger partial charge in [-0.05, 0) is 25.8 Å². The molecule has 2 amide bonds. The summed E-state index contributed by atoms with van der Waals surface area (Å²) in [5.74, 6) is 0.0565. The molecule has 1 saturated heterocycles. The highest BCUT2D eigenvalue weighted by atomic mass is 32.1. The second-order valence-corrected chi connectivity index (χ2v) is 6.98. The van der Waals surface area contributed by atoms with Crippen LogP contribution in [0.2, 0.25) is 0 Å². The molecule has 1 atom stereocenters. The third kappa shape index (κ3) is 3.82. The van der Waals surface area contributed by atoms with Gasteiger partial charge in [0.05, 0.1) is 18.2 Å². The van der Waals surface area contributed by atoms with Crippen molar-refractivity contribution in [2.24, 2.45) is 0 Å². The van der Waals surface area contributed by atoms with E-state index in [1.807, 2.05) is 43.5 Å². The zero-order valence-electron chi connectivity index (χ0n) is 13.9. The van der Waals surface area contributed by atoms with Crippen molar-refractivity contribution in [3.8, 4) is 0 Å². The molecule has 1 aliphatic heterocycles. The Bertz CT molecular complexity index is 739. The number of anilines is 1. The van der Waals surface area contributed by atoms with Crippen LogP contribution in [0.3, 0.4) is 0 Å². The monoisotopic (exact) mass is 343 g/mol. The maximum atomic E-state index is 12.2. The van der Waals surface area contributed by atoms with Crippen LogP contribution in [0.1, 0.15) is 42.6 Å². The first kappa shape index (κ1) is 16.6. The molecule has 1 fully saturated rings. The van der Waals surface area contributed by atoms with Gasteiger partial charge in [-0.15, -0.1) is 11.3 Å². The van der Waals surface area contributed by atoms with Gasteiger partial charge >= 0.3 is 0 Å². The lowest BCUT2D eigenvalue weighted by Gasteiger charge is -2.14. The molecule has 2 heterocycles. The molecular formula is C18H21N3O2S. The molecule has 6 heteroatoms. The fourth-order valence-corrected chi connectivity index (χ4v) is 3.62. The predicted molar refractivity (Wildman–Crippen MR) is 95.1 cm³/mol. The van der Waals surface area contributed by atoms with E-state index in [-0.39, 0.29) is 24.3 Å². The largest absolute Gasteiger partial charge is 0.349 e. The average molecular weight is 343 g/mol. The van der Waals surface area contributed by atoms with E-state index in [1.165, 1.54) is 16.9 Å². The molecule has 0 aliphatic carbocycles. The Labute approximate surface area is 145 Å². The predicted octanol–water partition coefficient (Wildman–Crippen LogP) is 3.00. The summed E-state index contributed by atoms with van der Waals surface area (Å²) >= 11 is 1.42. The van der Waals surface area contributed by atoms with Gasteiger partial charge in [0.2, 0.25) is 11.8 Å². The molecule has 0 bridgehead atoms. The van der Waals surface area contributed by atoms with Gasteiger partial charge in [0.25, 0.3) is 0 Å². The topological polar surface area (TPSA) is 62.3 Å². The maximum Gasteiger partial charge on any atom is 0.228 e. The number of nitrogens with one attached hydrogen (secondary N) is 1. The molecular weight excluding hydrogens is 322 g/mol. The number of aryl methyl sites for hydroxylation is 1. The summed E-state index contributed by atoms with van der Waals surface area (Å²) in [6.07, 6.45) is 1.69. The van der Waals surface area contributed by atoms with Crippen LogP contribution >= 0.6 is 11.3 Å². The van der Waals surface area contributed by atoms with Crippen LogP contribution in [-0.4, -0.2) is 23.3 Å². The van der Waals surface area contributed by atoms with Crippen molar-refractivity contribution in [3.05, 3.63) is 46.5 Å². The van der Waals surface area contributed by atoms with Crippen molar-refractivity contribution in [2.75, 3.05) is 11.4 Å². The minimum Gasteiger partial charge on any atom is -0.349 e. The van der Waals surface area contributed by atoms with Crippen LogP contribution < -0.4 is 10.2 Å². The van der Waals surface area contributed by atoms with Crippen LogP contribution in [0.15, 0.2) is 29.6 Å². The molecule has 0 radical (unpaired) electrons. The summed E-state index contributed by atoms with van der Waals surface area (Å²) in [7, 11) is 0. The Kier molecular flexibility index (Phi) is 4.94. The van der Waals surface area contributed by atoms with Crippen LogP contribution in [-0.2, 0) is 16.0 Å². The second-order valence-electron chi connectivity index (χ2n) is 6.15. The molecule has 2 aromatic rings. The molecule has 0 spiro atoms. The number of benzene rings is 1. The van der Waals surface area contributed by atoms with E-state index in [9.17, 15) is 9.59 Å². The number of rotatable bonds is 5. The number of aromatic nitrogens is 1. The molecule has 1 aromatic heterocycles. The number of carbonyl (C=O) groups excluding carboxylic acids is 2. The number of carbonyl (C=O) groups is 2. The molecule has 126 valence electrons. The highest BCUT2D eigenvalue weighted by Crippen LogP contribution is 2.25. The van der Waals surface area contributed by atoms with Gasteiger partial charge in [-0.3, -0.25) is 14.5 Å². The molecule has 3 rings (SSSR count). The van der Waals surface area contributed by atoms with Crippen molar-refractivity contribution < 1.29 is 9.59 Å². The van der Waals surface area contributed by atoms with Crippen molar-refractivity contribution in [2.45, 2.75) is 39.2 Å². The van der Waals surface area contributed by atoms with Crippen LogP contribution in [0.25, 0.3) is 0 Å². The third-order valence-corrected chi connectivity index (χ3v) is 5.05. The lowest BCUT2D eigenvalue weighted by atomic mass is 10.1. The number of amides is 2. The van der Waals surface area contributed by atoms with Crippen molar-refractivity contribution in [1.82, 2.24) is 10.3 Å². The zero-order valence-corrected chi connectivity index (χ0v) is 14.7. The molecule has 0 saturated carbocycles. The summed E-state index contributed by atoms with van der Waals surface area (Å²) in [5, 5.41) is 5.56. The van der Waals surface area contributed by atoms with E-state index in [2.05, 4.69) is 10.3 Å².